The molecule has 100 valence electrons. The molecule has 0 spiro atoms. The first-order chi connectivity index (χ1) is 9.81. The molecule has 20 heavy (non-hydrogen) atoms. The van der Waals surface area contributed by atoms with Crippen molar-refractivity contribution < 1.29 is 4.39 Å². The summed E-state index contributed by atoms with van der Waals surface area (Å²) in [5.74, 6) is -0.204. The Balaban J connectivity index is 1.84. The molecule has 0 radical (unpaired) electrons. The fraction of sp³-hybridized carbons (Fsp3) is 0.188. The van der Waals surface area contributed by atoms with E-state index in [2.05, 4.69) is 34.6 Å². The lowest BCUT2D eigenvalue weighted by atomic mass is 9.95. The van der Waals surface area contributed by atoms with Crippen molar-refractivity contribution in [2.45, 2.75) is 12.5 Å². The fourth-order valence-electron chi connectivity index (χ4n) is 2.76. The summed E-state index contributed by atoms with van der Waals surface area (Å²) in [5.41, 5.74) is 3.54. The lowest BCUT2D eigenvalue weighted by molar-refractivity contribution is 0.566. The van der Waals surface area contributed by atoms with Crippen LogP contribution >= 0.6 is 11.3 Å². The predicted octanol–water partition coefficient (Wildman–Crippen LogP) is 3.67. The van der Waals surface area contributed by atoms with E-state index in [4.69, 9.17) is 0 Å². The van der Waals surface area contributed by atoms with E-state index in [1.54, 1.807) is 23.5 Å². The maximum atomic E-state index is 13.3. The number of rotatable bonds is 1. The van der Waals surface area contributed by atoms with Crippen LogP contribution in [0.3, 0.4) is 0 Å². The molecule has 0 bridgehead atoms. The Morgan fingerprint density at radius 1 is 1.20 bits per heavy atom. The van der Waals surface area contributed by atoms with Crippen LogP contribution in [0.5, 0.6) is 0 Å². The molecule has 0 saturated carbocycles. The number of hydrogen-bond donors (Lipinski definition) is 1. The Hall–Kier alpha value is -1.78. The minimum absolute atomic E-state index is 0.125. The first-order valence-electron chi connectivity index (χ1n) is 6.68. The number of nitrogens with zero attached hydrogens (tertiary/aromatic N) is 1. The summed E-state index contributed by atoms with van der Waals surface area (Å²) in [6.07, 6.45) is 1.05. The molecule has 1 aliphatic rings. The van der Waals surface area contributed by atoms with Crippen molar-refractivity contribution >= 4 is 21.6 Å². The van der Waals surface area contributed by atoms with Gasteiger partial charge >= 0.3 is 0 Å². The van der Waals surface area contributed by atoms with Gasteiger partial charge in [-0.25, -0.2) is 9.37 Å². The van der Waals surface area contributed by atoms with E-state index >= 15 is 0 Å². The van der Waals surface area contributed by atoms with Gasteiger partial charge in [-0.2, -0.15) is 0 Å². The minimum Gasteiger partial charge on any atom is -0.304 e. The highest BCUT2D eigenvalue weighted by molar-refractivity contribution is 7.18. The third kappa shape index (κ3) is 1.92. The summed E-state index contributed by atoms with van der Waals surface area (Å²) in [4.78, 5) is 4.67. The summed E-state index contributed by atoms with van der Waals surface area (Å²) in [7, 11) is 0. The average molecular weight is 284 g/mol. The van der Waals surface area contributed by atoms with Crippen LogP contribution in [0.1, 0.15) is 22.2 Å². The van der Waals surface area contributed by atoms with Gasteiger partial charge < -0.3 is 5.32 Å². The molecule has 0 fully saturated rings. The van der Waals surface area contributed by atoms with Crippen molar-refractivity contribution in [3.63, 3.8) is 0 Å². The fourth-order valence-corrected chi connectivity index (χ4v) is 3.85. The molecule has 1 aromatic heterocycles. The Morgan fingerprint density at radius 3 is 3.05 bits per heavy atom. The molecule has 4 heteroatoms. The summed E-state index contributed by atoms with van der Waals surface area (Å²) in [5, 5.41) is 4.53. The molecule has 3 aromatic rings. The highest BCUT2D eigenvalue weighted by Gasteiger charge is 2.23. The van der Waals surface area contributed by atoms with Gasteiger partial charge in [0.05, 0.1) is 16.3 Å². The van der Waals surface area contributed by atoms with Crippen molar-refractivity contribution in [2.24, 2.45) is 0 Å². The quantitative estimate of drug-likeness (QED) is 0.737. The standard InChI is InChI=1S/C16H13FN2S/c17-11-5-6-13-14(9-11)20-16(19-13)15-12-4-2-1-3-10(12)7-8-18-15/h1-6,9,15,18H,7-8H2. The smallest absolute Gasteiger partial charge is 0.124 e. The van der Waals surface area contributed by atoms with Crippen LogP contribution in [0.4, 0.5) is 4.39 Å². The molecular formula is C16H13FN2S. The van der Waals surface area contributed by atoms with Crippen LogP contribution in [0, 0.1) is 5.82 Å². The van der Waals surface area contributed by atoms with Crippen LogP contribution in [0.2, 0.25) is 0 Å². The third-order valence-electron chi connectivity index (χ3n) is 3.72. The molecule has 0 aliphatic carbocycles. The molecule has 1 N–H and O–H groups in total. The topological polar surface area (TPSA) is 24.9 Å². The first kappa shape index (κ1) is 12.0. The number of nitrogens with one attached hydrogen (secondary N) is 1. The van der Waals surface area contributed by atoms with Crippen molar-refractivity contribution in [1.29, 1.82) is 0 Å². The van der Waals surface area contributed by atoms with E-state index in [-0.39, 0.29) is 11.9 Å². The molecule has 1 unspecified atom stereocenters. The van der Waals surface area contributed by atoms with E-state index < -0.39 is 0 Å². The lowest BCUT2D eigenvalue weighted by Gasteiger charge is -2.25. The molecule has 1 atom stereocenters. The summed E-state index contributed by atoms with van der Waals surface area (Å²) in [6.45, 7) is 0.950. The molecule has 0 amide bonds. The summed E-state index contributed by atoms with van der Waals surface area (Å²) >= 11 is 1.57. The van der Waals surface area contributed by atoms with Crippen LogP contribution in [-0.4, -0.2) is 11.5 Å². The van der Waals surface area contributed by atoms with E-state index in [0.29, 0.717) is 0 Å². The van der Waals surface area contributed by atoms with Crippen molar-refractivity contribution in [1.82, 2.24) is 10.3 Å². The average Bonchev–Trinajstić information content (AvgIpc) is 2.89. The van der Waals surface area contributed by atoms with Gasteiger partial charge in [-0.3, -0.25) is 0 Å². The van der Waals surface area contributed by atoms with E-state index in [0.717, 1.165) is 28.2 Å². The first-order valence-corrected chi connectivity index (χ1v) is 7.50. The zero-order chi connectivity index (χ0) is 13.5. The largest absolute Gasteiger partial charge is 0.304 e. The molecule has 2 heterocycles. The Bertz CT molecular complexity index is 781. The minimum atomic E-state index is -0.204. The van der Waals surface area contributed by atoms with Gasteiger partial charge in [-0.05, 0) is 35.7 Å². The van der Waals surface area contributed by atoms with Crippen LogP contribution < -0.4 is 5.32 Å². The van der Waals surface area contributed by atoms with Crippen LogP contribution in [-0.2, 0) is 6.42 Å². The Labute approximate surface area is 120 Å². The zero-order valence-electron chi connectivity index (χ0n) is 10.8. The van der Waals surface area contributed by atoms with Crippen molar-refractivity contribution in [2.75, 3.05) is 6.54 Å². The highest BCUT2D eigenvalue weighted by atomic mass is 32.1. The van der Waals surface area contributed by atoms with Gasteiger partial charge in [-0.15, -0.1) is 11.3 Å². The number of aromatic nitrogens is 1. The van der Waals surface area contributed by atoms with E-state index in [1.165, 1.54) is 17.2 Å². The van der Waals surface area contributed by atoms with Gasteiger partial charge in [0.25, 0.3) is 0 Å². The molecule has 2 aromatic carbocycles. The maximum Gasteiger partial charge on any atom is 0.124 e. The summed E-state index contributed by atoms with van der Waals surface area (Å²) in [6, 6.07) is 13.4. The zero-order valence-corrected chi connectivity index (χ0v) is 11.6. The second-order valence-electron chi connectivity index (χ2n) is 5.00. The number of benzene rings is 2. The van der Waals surface area contributed by atoms with E-state index in [9.17, 15) is 4.39 Å². The number of hydrogen-bond acceptors (Lipinski definition) is 3. The molecular weight excluding hydrogens is 271 g/mol. The maximum absolute atomic E-state index is 13.3. The van der Waals surface area contributed by atoms with Gasteiger partial charge in [0.2, 0.25) is 0 Å². The van der Waals surface area contributed by atoms with Gasteiger partial charge in [-0.1, -0.05) is 24.3 Å². The predicted molar refractivity (Wildman–Crippen MR) is 79.6 cm³/mol. The van der Waals surface area contributed by atoms with Gasteiger partial charge in [0.1, 0.15) is 10.8 Å². The Morgan fingerprint density at radius 2 is 2.10 bits per heavy atom. The second kappa shape index (κ2) is 4.65. The monoisotopic (exact) mass is 284 g/mol. The number of halogens is 1. The van der Waals surface area contributed by atoms with Crippen LogP contribution in [0.25, 0.3) is 10.2 Å². The Kier molecular flexibility index (Phi) is 2.79. The summed E-state index contributed by atoms with van der Waals surface area (Å²) < 4.78 is 14.2. The van der Waals surface area contributed by atoms with Crippen molar-refractivity contribution in [3.05, 3.63) is 64.4 Å². The van der Waals surface area contributed by atoms with Crippen molar-refractivity contribution in [3.8, 4) is 0 Å². The molecule has 1 aliphatic heterocycles. The highest BCUT2D eigenvalue weighted by Crippen LogP contribution is 2.33. The second-order valence-corrected chi connectivity index (χ2v) is 6.06. The molecule has 4 rings (SSSR count). The lowest BCUT2D eigenvalue weighted by Crippen LogP contribution is -2.30. The van der Waals surface area contributed by atoms with Gasteiger partial charge in [0.15, 0.2) is 0 Å². The molecule has 2 nitrogen and oxygen atoms in total. The third-order valence-corrected chi connectivity index (χ3v) is 4.81. The number of thiazole rings is 1. The van der Waals surface area contributed by atoms with Crippen LogP contribution in [0.15, 0.2) is 42.5 Å². The normalized spacial score (nSPS) is 18.1. The van der Waals surface area contributed by atoms with E-state index in [1.807, 2.05) is 0 Å². The number of fused-ring (bicyclic) bond motifs is 2. The SMILES string of the molecule is Fc1ccc2nc(C3NCCc4ccccc43)sc2c1. The molecule has 0 saturated heterocycles. The van der Waals surface area contributed by atoms with Gasteiger partial charge in [0, 0.05) is 6.54 Å².